The van der Waals surface area contributed by atoms with Crippen molar-refractivity contribution in [3.05, 3.63) is 35.3 Å². The highest BCUT2D eigenvalue weighted by Crippen LogP contribution is 2.58. The number of hydrogen-bond donors (Lipinski definition) is 3. The summed E-state index contributed by atoms with van der Waals surface area (Å²) in [6.45, 7) is -0.893. The number of carboxylic acid groups (broad SMARTS) is 2. The van der Waals surface area contributed by atoms with E-state index in [0.29, 0.717) is 11.3 Å². The highest BCUT2D eigenvalue weighted by Gasteiger charge is 2.62. The maximum Gasteiger partial charge on any atom is 0.305 e. The third kappa shape index (κ3) is 3.95. The first-order valence-electron chi connectivity index (χ1n) is 12.2. The van der Waals surface area contributed by atoms with Crippen LogP contribution in [0.1, 0.15) is 43.1 Å². The number of imide groups is 2. The molecule has 12 heteroatoms. The average molecular weight is 514 g/mol. The molecule has 1 aromatic heterocycles. The second kappa shape index (κ2) is 9.25. The monoisotopic (exact) mass is 514 g/mol. The summed E-state index contributed by atoms with van der Waals surface area (Å²) in [5.74, 6) is -8.13. The Balaban J connectivity index is 1.54. The van der Waals surface area contributed by atoms with E-state index in [-0.39, 0.29) is 44.7 Å². The molecule has 1 aromatic rings. The number of amides is 4. The van der Waals surface area contributed by atoms with Gasteiger partial charge >= 0.3 is 11.9 Å². The number of fused-ring (bicyclic) bond motifs is 4. The molecule has 0 bridgehead atoms. The zero-order chi connectivity index (χ0) is 26.6. The van der Waals surface area contributed by atoms with Gasteiger partial charge in [0.2, 0.25) is 23.6 Å². The lowest BCUT2D eigenvalue weighted by atomic mass is 9.58. The number of carboxylic acids is 2. The van der Waals surface area contributed by atoms with Gasteiger partial charge in [-0.1, -0.05) is 11.6 Å². The molecule has 12 nitrogen and oxygen atoms in total. The zero-order valence-electron chi connectivity index (χ0n) is 19.7. The fourth-order valence-corrected chi connectivity index (χ4v) is 6.54. The first kappa shape index (κ1) is 24.9. The van der Waals surface area contributed by atoms with E-state index >= 15 is 0 Å². The minimum absolute atomic E-state index is 0.127. The average Bonchev–Trinajstić information content (AvgIpc) is 3.50. The molecule has 196 valence electrons. The smallest absolute Gasteiger partial charge is 0.305 e. The van der Waals surface area contributed by atoms with E-state index in [4.69, 9.17) is 14.6 Å². The van der Waals surface area contributed by atoms with E-state index in [2.05, 4.69) is 0 Å². The first-order valence-corrected chi connectivity index (χ1v) is 12.2. The topological polar surface area (TPSA) is 183 Å². The Morgan fingerprint density at radius 2 is 1.43 bits per heavy atom. The van der Waals surface area contributed by atoms with Crippen molar-refractivity contribution in [2.24, 2.45) is 29.6 Å². The number of aliphatic hydroxyl groups excluding tert-OH is 1. The summed E-state index contributed by atoms with van der Waals surface area (Å²) in [6.07, 6.45) is 1.38. The third-order valence-electron chi connectivity index (χ3n) is 8.07. The maximum atomic E-state index is 13.5. The number of furan rings is 1. The molecule has 3 N–H and O–H groups in total. The fourth-order valence-electron chi connectivity index (χ4n) is 6.54. The molecule has 2 aliphatic heterocycles. The van der Waals surface area contributed by atoms with Crippen LogP contribution in [0.15, 0.2) is 28.2 Å². The van der Waals surface area contributed by atoms with Gasteiger partial charge in [0.1, 0.15) is 18.1 Å². The number of rotatable bonds is 8. The number of hydrogen-bond acceptors (Lipinski definition) is 8. The Bertz CT molecular complexity index is 1230. The van der Waals surface area contributed by atoms with Crippen LogP contribution in [0.2, 0.25) is 0 Å². The summed E-state index contributed by atoms with van der Waals surface area (Å²) in [6, 6.07) is 3.17. The highest BCUT2D eigenvalue weighted by molar-refractivity contribution is 6.08. The van der Waals surface area contributed by atoms with Crippen molar-refractivity contribution < 1.29 is 48.5 Å². The molecule has 2 saturated heterocycles. The van der Waals surface area contributed by atoms with Crippen LogP contribution in [0.4, 0.5) is 0 Å². The van der Waals surface area contributed by atoms with Gasteiger partial charge in [-0.15, -0.1) is 0 Å². The molecule has 6 unspecified atom stereocenters. The molecule has 2 aliphatic carbocycles. The molecule has 4 aliphatic rings. The van der Waals surface area contributed by atoms with Crippen molar-refractivity contribution in [2.45, 2.75) is 38.2 Å². The Labute approximate surface area is 210 Å². The summed E-state index contributed by atoms with van der Waals surface area (Å²) in [5, 5.41) is 27.6. The quantitative estimate of drug-likeness (QED) is 0.323. The molecule has 1 saturated carbocycles. The summed E-state index contributed by atoms with van der Waals surface area (Å²) < 4.78 is 5.80. The van der Waals surface area contributed by atoms with Gasteiger partial charge in [-0.2, -0.15) is 0 Å². The maximum absolute atomic E-state index is 13.5. The van der Waals surface area contributed by atoms with Crippen molar-refractivity contribution >= 4 is 35.6 Å². The minimum Gasteiger partial charge on any atom is -0.481 e. The van der Waals surface area contributed by atoms with E-state index in [1.165, 1.54) is 0 Å². The molecule has 37 heavy (non-hydrogen) atoms. The lowest BCUT2D eigenvalue weighted by molar-refractivity contribution is -0.145. The van der Waals surface area contributed by atoms with Gasteiger partial charge in [0, 0.05) is 13.1 Å². The van der Waals surface area contributed by atoms with Crippen molar-refractivity contribution in [1.82, 2.24) is 9.80 Å². The van der Waals surface area contributed by atoms with Crippen LogP contribution in [-0.2, 0) is 35.4 Å². The number of allylic oxidation sites excluding steroid dienone is 2. The SMILES string of the molecule is O=C(O)CCN1C(=O)C2CC=C3C(CC4C(=O)N(CCC(=O)O)C(=O)C4C3c3ccc(CO)o3)C2C1=O. The number of nitrogens with zero attached hydrogens (tertiary/aromatic N) is 2. The van der Waals surface area contributed by atoms with Gasteiger partial charge in [0.25, 0.3) is 0 Å². The normalized spacial score (nSPS) is 30.8. The van der Waals surface area contributed by atoms with E-state index in [1.807, 2.05) is 6.08 Å². The molecule has 3 fully saturated rings. The summed E-state index contributed by atoms with van der Waals surface area (Å²) >= 11 is 0. The summed E-state index contributed by atoms with van der Waals surface area (Å²) in [4.78, 5) is 77.3. The molecule has 3 heterocycles. The number of likely N-dealkylation sites (tertiary alicyclic amines) is 2. The molecule has 0 radical (unpaired) electrons. The lowest BCUT2D eigenvalue weighted by Gasteiger charge is -2.43. The van der Waals surface area contributed by atoms with Crippen molar-refractivity contribution in [3.8, 4) is 0 Å². The molecular formula is C25H26N2O10. The summed E-state index contributed by atoms with van der Waals surface area (Å²) in [7, 11) is 0. The number of carbonyl (C=O) groups excluding carboxylic acids is 4. The number of aliphatic carboxylic acids is 2. The van der Waals surface area contributed by atoms with Crippen LogP contribution in [0.3, 0.4) is 0 Å². The van der Waals surface area contributed by atoms with Gasteiger partial charge in [-0.05, 0) is 30.9 Å². The van der Waals surface area contributed by atoms with Crippen LogP contribution >= 0.6 is 0 Å². The standard InChI is InChI=1S/C25H26N2O10/c28-10-11-1-4-16(37-11)20-12-2-3-13-19(24(35)26(22(13)33)7-5-17(29)30)14(12)9-15-21(20)25(36)27(23(15)34)8-6-18(31)32/h1-2,4,13-15,19-21,28H,3,5-10H2,(H,29,30)(H,31,32). The van der Waals surface area contributed by atoms with Gasteiger partial charge in [0.15, 0.2) is 0 Å². The molecule has 0 spiro atoms. The molecule has 0 aromatic carbocycles. The van der Waals surface area contributed by atoms with Gasteiger partial charge < -0.3 is 19.7 Å². The predicted octanol–water partition coefficient (Wildman–Crippen LogP) is 0.357. The Kier molecular flexibility index (Phi) is 6.22. The van der Waals surface area contributed by atoms with Crippen LogP contribution in [0, 0.1) is 29.6 Å². The Hall–Kier alpha value is -3.80. The van der Waals surface area contributed by atoms with E-state index in [9.17, 15) is 33.9 Å². The van der Waals surface area contributed by atoms with E-state index < -0.39 is 77.5 Å². The zero-order valence-corrected chi connectivity index (χ0v) is 19.7. The van der Waals surface area contributed by atoms with Gasteiger partial charge in [0.05, 0.1) is 42.4 Å². The van der Waals surface area contributed by atoms with E-state index in [1.54, 1.807) is 12.1 Å². The highest BCUT2D eigenvalue weighted by atomic mass is 16.4. The van der Waals surface area contributed by atoms with Crippen LogP contribution in [-0.4, -0.2) is 73.8 Å². The fraction of sp³-hybridized carbons (Fsp3) is 0.520. The second-order valence-electron chi connectivity index (χ2n) is 9.93. The molecular weight excluding hydrogens is 488 g/mol. The van der Waals surface area contributed by atoms with Crippen LogP contribution < -0.4 is 0 Å². The minimum atomic E-state index is -1.15. The van der Waals surface area contributed by atoms with Crippen LogP contribution in [0.25, 0.3) is 0 Å². The first-order chi connectivity index (χ1) is 17.6. The van der Waals surface area contributed by atoms with Crippen molar-refractivity contribution in [3.63, 3.8) is 0 Å². The second-order valence-corrected chi connectivity index (χ2v) is 9.93. The molecule has 6 atom stereocenters. The third-order valence-corrected chi connectivity index (χ3v) is 8.07. The lowest BCUT2D eigenvalue weighted by Crippen LogP contribution is -2.43. The predicted molar refractivity (Wildman–Crippen MR) is 120 cm³/mol. The van der Waals surface area contributed by atoms with Crippen LogP contribution in [0.5, 0.6) is 0 Å². The van der Waals surface area contributed by atoms with Crippen molar-refractivity contribution in [2.75, 3.05) is 13.1 Å². The Morgan fingerprint density at radius 3 is 2.00 bits per heavy atom. The van der Waals surface area contributed by atoms with Crippen molar-refractivity contribution in [1.29, 1.82) is 0 Å². The largest absolute Gasteiger partial charge is 0.481 e. The summed E-state index contributed by atoms with van der Waals surface area (Å²) in [5.41, 5.74) is 0.698. The number of aliphatic hydroxyl groups is 1. The van der Waals surface area contributed by atoms with Gasteiger partial charge in [-0.25, -0.2) is 0 Å². The molecule has 4 amide bonds. The van der Waals surface area contributed by atoms with Gasteiger partial charge in [-0.3, -0.25) is 38.6 Å². The van der Waals surface area contributed by atoms with E-state index in [0.717, 1.165) is 9.80 Å². The number of carbonyl (C=O) groups is 6. The Morgan fingerprint density at radius 1 is 0.838 bits per heavy atom. The molecule has 5 rings (SSSR count).